The lowest BCUT2D eigenvalue weighted by atomic mass is 10.1. The van der Waals surface area contributed by atoms with Gasteiger partial charge in [-0.05, 0) is 45.8 Å². The van der Waals surface area contributed by atoms with Crippen LogP contribution in [0.4, 0.5) is 5.82 Å². The molecule has 100 valence electrons. The molecule has 0 radical (unpaired) electrons. The maximum absolute atomic E-state index is 10.1. The number of nitrogens with one attached hydrogen (secondary N) is 1. The number of benzene rings is 1. The predicted octanol–water partition coefficient (Wildman–Crippen LogP) is 3.00. The molecule has 0 saturated heterocycles. The highest BCUT2D eigenvalue weighted by Gasteiger charge is 2.07. The van der Waals surface area contributed by atoms with Crippen LogP contribution in [0, 0.1) is 0 Å². The van der Waals surface area contributed by atoms with Crippen molar-refractivity contribution in [3.63, 3.8) is 0 Å². The van der Waals surface area contributed by atoms with E-state index in [1.54, 1.807) is 13.3 Å². The number of nitrogens with zero attached hydrogens (tertiary/aromatic N) is 1. The van der Waals surface area contributed by atoms with Gasteiger partial charge >= 0.3 is 0 Å². The Morgan fingerprint density at radius 2 is 2.00 bits per heavy atom. The quantitative estimate of drug-likeness (QED) is 0.888. The summed E-state index contributed by atoms with van der Waals surface area (Å²) in [7, 11) is 1.62. The predicted molar refractivity (Wildman–Crippen MR) is 78.4 cm³/mol. The van der Waals surface area contributed by atoms with E-state index >= 15 is 0 Å². The smallest absolute Gasteiger partial charge is 0.126 e. The third kappa shape index (κ3) is 3.94. The molecular weight excluding hydrogens is 308 g/mol. The largest absolute Gasteiger partial charge is 0.497 e. The number of hydrogen-bond donors (Lipinski definition) is 2. The summed E-state index contributed by atoms with van der Waals surface area (Å²) in [6, 6.07) is 11.1. The fourth-order valence-corrected chi connectivity index (χ4v) is 1.86. The van der Waals surface area contributed by atoms with E-state index in [4.69, 9.17) is 4.74 Å². The number of aliphatic hydroxyl groups excluding tert-OH is 1. The average Bonchev–Trinajstić information content (AvgIpc) is 2.46. The molecule has 0 saturated carbocycles. The van der Waals surface area contributed by atoms with Crippen molar-refractivity contribution in [3.05, 3.63) is 52.6 Å². The molecule has 0 fully saturated rings. The van der Waals surface area contributed by atoms with Crippen LogP contribution in [-0.4, -0.2) is 23.7 Å². The Hall–Kier alpha value is -1.59. The molecule has 1 atom stereocenters. The normalized spacial score (nSPS) is 11.9. The first-order valence-corrected chi connectivity index (χ1v) is 6.66. The monoisotopic (exact) mass is 322 g/mol. The van der Waals surface area contributed by atoms with Gasteiger partial charge in [-0.25, -0.2) is 4.98 Å². The maximum atomic E-state index is 10.1. The second kappa shape index (κ2) is 6.54. The summed E-state index contributed by atoms with van der Waals surface area (Å²) in [5, 5.41) is 13.1. The second-order valence-electron chi connectivity index (χ2n) is 4.03. The van der Waals surface area contributed by atoms with Crippen LogP contribution in [0.5, 0.6) is 5.75 Å². The lowest BCUT2D eigenvalue weighted by Crippen LogP contribution is -2.12. The number of rotatable bonds is 5. The van der Waals surface area contributed by atoms with Crippen LogP contribution >= 0.6 is 15.9 Å². The summed E-state index contributed by atoms with van der Waals surface area (Å²) in [6.45, 7) is 0.404. The van der Waals surface area contributed by atoms with Gasteiger partial charge in [0.25, 0.3) is 0 Å². The number of halogens is 1. The third-order valence-electron chi connectivity index (χ3n) is 2.70. The van der Waals surface area contributed by atoms with E-state index in [1.165, 1.54) is 0 Å². The van der Waals surface area contributed by atoms with Crippen LogP contribution in [0.3, 0.4) is 0 Å². The molecule has 0 bridgehead atoms. The van der Waals surface area contributed by atoms with Gasteiger partial charge in [-0.1, -0.05) is 12.1 Å². The number of aromatic nitrogens is 1. The van der Waals surface area contributed by atoms with E-state index in [0.717, 1.165) is 21.6 Å². The minimum absolute atomic E-state index is 0.404. The maximum Gasteiger partial charge on any atom is 0.126 e. The number of hydrogen-bond acceptors (Lipinski definition) is 4. The number of anilines is 1. The van der Waals surface area contributed by atoms with Crippen molar-refractivity contribution >= 4 is 21.7 Å². The van der Waals surface area contributed by atoms with Gasteiger partial charge in [0, 0.05) is 17.2 Å². The molecule has 0 spiro atoms. The van der Waals surface area contributed by atoms with Gasteiger partial charge in [0.1, 0.15) is 11.6 Å². The highest BCUT2D eigenvalue weighted by molar-refractivity contribution is 9.10. The van der Waals surface area contributed by atoms with Crippen molar-refractivity contribution in [2.24, 2.45) is 0 Å². The Balaban J connectivity index is 1.93. The average molecular weight is 323 g/mol. The van der Waals surface area contributed by atoms with E-state index in [9.17, 15) is 5.11 Å². The molecule has 1 unspecified atom stereocenters. The molecular formula is C14H15BrN2O2. The van der Waals surface area contributed by atoms with Crippen molar-refractivity contribution in [1.29, 1.82) is 0 Å². The molecule has 0 aliphatic rings. The minimum Gasteiger partial charge on any atom is -0.497 e. The molecule has 5 heteroatoms. The number of ether oxygens (including phenoxy) is 1. The highest BCUT2D eigenvalue weighted by Crippen LogP contribution is 2.18. The third-order valence-corrected chi connectivity index (χ3v) is 3.17. The van der Waals surface area contributed by atoms with Gasteiger partial charge in [-0.15, -0.1) is 0 Å². The Kier molecular flexibility index (Phi) is 4.76. The van der Waals surface area contributed by atoms with Crippen LogP contribution in [-0.2, 0) is 0 Å². The van der Waals surface area contributed by atoms with Crippen LogP contribution in [0.2, 0.25) is 0 Å². The van der Waals surface area contributed by atoms with Crippen LogP contribution < -0.4 is 10.1 Å². The number of methoxy groups -OCH3 is 1. The van der Waals surface area contributed by atoms with E-state index < -0.39 is 6.10 Å². The topological polar surface area (TPSA) is 54.4 Å². The van der Waals surface area contributed by atoms with E-state index in [0.29, 0.717) is 6.54 Å². The molecule has 1 aromatic carbocycles. The molecule has 0 amide bonds. The standard InChI is InChI=1S/C14H15BrN2O2/c1-19-12-5-2-10(3-6-12)13(18)9-17-14-7-4-11(15)8-16-14/h2-8,13,18H,9H2,1H3,(H,16,17). The summed E-state index contributed by atoms with van der Waals surface area (Å²) < 4.78 is 6.00. The molecule has 2 rings (SSSR count). The lowest BCUT2D eigenvalue weighted by Gasteiger charge is -2.13. The number of pyridine rings is 1. The van der Waals surface area contributed by atoms with Crippen LogP contribution in [0.25, 0.3) is 0 Å². The Morgan fingerprint density at radius 1 is 1.26 bits per heavy atom. The molecule has 19 heavy (non-hydrogen) atoms. The zero-order valence-corrected chi connectivity index (χ0v) is 12.1. The Bertz CT molecular complexity index is 514. The lowest BCUT2D eigenvalue weighted by molar-refractivity contribution is 0.191. The molecule has 1 heterocycles. The molecule has 4 nitrogen and oxygen atoms in total. The van der Waals surface area contributed by atoms with Crippen molar-refractivity contribution < 1.29 is 9.84 Å². The zero-order valence-electron chi connectivity index (χ0n) is 10.5. The van der Waals surface area contributed by atoms with Crippen molar-refractivity contribution in [2.75, 3.05) is 19.0 Å². The van der Waals surface area contributed by atoms with E-state index in [-0.39, 0.29) is 0 Å². The zero-order chi connectivity index (χ0) is 13.7. The molecule has 2 N–H and O–H groups in total. The van der Waals surface area contributed by atoms with Gasteiger partial charge in [0.15, 0.2) is 0 Å². The van der Waals surface area contributed by atoms with E-state index in [2.05, 4.69) is 26.2 Å². The highest BCUT2D eigenvalue weighted by atomic mass is 79.9. The van der Waals surface area contributed by atoms with Gasteiger partial charge in [-0.2, -0.15) is 0 Å². The van der Waals surface area contributed by atoms with Crippen molar-refractivity contribution in [2.45, 2.75) is 6.10 Å². The van der Waals surface area contributed by atoms with Gasteiger partial charge < -0.3 is 15.2 Å². The van der Waals surface area contributed by atoms with Gasteiger partial charge in [-0.3, -0.25) is 0 Å². The van der Waals surface area contributed by atoms with Crippen molar-refractivity contribution in [3.8, 4) is 5.75 Å². The fourth-order valence-electron chi connectivity index (χ4n) is 1.63. The summed E-state index contributed by atoms with van der Waals surface area (Å²) in [4.78, 5) is 4.18. The molecule has 2 aromatic rings. The molecule has 0 aliphatic carbocycles. The molecule has 1 aromatic heterocycles. The van der Waals surface area contributed by atoms with Crippen LogP contribution in [0.15, 0.2) is 47.1 Å². The summed E-state index contributed by atoms with van der Waals surface area (Å²) in [5.41, 5.74) is 0.838. The first kappa shape index (κ1) is 13.8. The Labute approximate surface area is 120 Å². The van der Waals surface area contributed by atoms with Gasteiger partial charge in [0.05, 0.1) is 13.2 Å². The van der Waals surface area contributed by atoms with E-state index in [1.807, 2.05) is 36.4 Å². The van der Waals surface area contributed by atoms with Crippen molar-refractivity contribution in [1.82, 2.24) is 4.98 Å². The first-order valence-electron chi connectivity index (χ1n) is 5.86. The summed E-state index contributed by atoms with van der Waals surface area (Å²) in [5.74, 6) is 1.51. The Morgan fingerprint density at radius 3 is 2.58 bits per heavy atom. The fraction of sp³-hybridized carbons (Fsp3) is 0.214. The summed E-state index contributed by atoms with van der Waals surface area (Å²) >= 11 is 3.32. The second-order valence-corrected chi connectivity index (χ2v) is 4.95. The molecule has 0 aliphatic heterocycles. The summed E-state index contributed by atoms with van der Waals surface area (Å²) in [6.07, 6.45) is 1.12. The minimum atomic E-state index is -0.587. The number of aliphatic hydroxyl groups is 1. The first-order chi connectivity index (χ1) is 9.19. The van der Waals surface area contributed by atoms with Gasteiger partial charge in [0.2, 0.25) is 0 Å². The SMILES string of the molecule is COc1ccc(C(O)CNc2ccc(Br)cn2)cc1. The van der Waals surface area contributed by atoms with Crippen LogP contribution in [0.1, 0.15) is 11.7 Å².